The van der Waals surface area contributed by atoms with Gasteiger partial charge in [0.1, 0.15) is 11.9 Å². The molecule has 0 fully saturated rings. The van der Waals surface area contributed by atoms with Crippen LogP contribution in [0.1, 0.15) is 23.9 Å². The van der Waals surface area contributed by atoms with E-state index in [0.717, 1.165) is 5.56 Å². The molecule has 2 amide bonds. The zero-order valence-corrected chi connectivity index (χ0v) is 19.2. The molecule has 0 radical (unpaired) electrons. The number of carbonyl (C=O) groups is 2. The Kier molecular flexibility index (Phi) is 8.02. The second kappa shape index (κ2) is 10.9. The van der Waals surface area contributed by atoms with Gasteiger partial charge in [0.25, 0.3) is 5.56 Å². The number of fused-ring (bicyclic) bond motifs is 1. The number of nitrogens with one attached hydrogen (secondary N) is 2. The van der Waals surface area contributed by atoms with E-state index in [1.807, 2.05) is 30.3 Å². The SMILES string of the molecule is CN(C)C(=O)C(NCCCNC(=O)O)c1nc2cc(Cl)ccc2c(=O)n1Cc1ccccc1. The Morgan fingerprint density at radius 3 is 2.55 bits per heavy atom. The van der Waals surface area contributed by atoms with Gasteiger partial charge in [-0.2, -0.15) is 0 Å². The molecule has 1 unspecified atom stereocenters. The molecule has 3 N–H and O–H groups in total. The lowest BCUT2D eigenvalue weighted by molar-refractivity contribution is -0.131. The highest BCUT2D eigenvalue weighted by Gasteiger charge is 2.28. The van der Waals surface area contributed by atoms with E-state index >= 15 is 0 Å². The number of nitrogens with zero attached hydrogens (tertiary/aromatic N) is 3. The van der Waals surface area contributed by atoms with Gasteiger partial charge in [0.2, 0.25) is 5.91 Å². The highest BCUT2D eigenvalue weighted by atomic mass is 35.5. The fourth-order valence-corrected chi connectivity index (χ4v) is 3.59. The summed E-state index contributed by atoms with van der Waals surface area (Å²) in [6.45, 7) is 0.794. The van der Waals surface area contributed by atoms with E-state index in [9.17, 15) is 14.4 Å². The average molecular weight is 472 g/mol. The van der Waals surface area contributed by atoms with Gasteiger partial charge in [0.15, 0.2) is 0 Å². The summed E-state index contributed by atoms with van der Waals surface area (Å²) in [5.41, 5.74) is 1.01. The summed E-state index contributed by atoms with van der Waals surface area (Å²) >= 11 is 6.13. The molecular weight excluding hydrogens is 446 g/mol. The number of likely N-dealkylation sites (N-methyl/N-ethyl adjacent to an activating group) is 1. The molecule has 174 valence electrons. The first-order valence-corrected chi connectivity index (χ1v) is 10.8. The van der Waals surface area contributed by atoms with E-state index < -0.39 is 12.1 Å². The molecule has 3 aromatic rings. The summed E-state index contributed by atoms with van der Waals surface area (Å²) < 4.78 is 1.50. The minimum Gasteiger partial charge on any atom is -0.465 e. The number of rotatable bonds is 9. The minimum atomic E-state index is -1.11. The number of hydrogen-bond donors (Lipinski definition) is 3. The summed E-state index contributed by atoms with van der Waals surface area (Å²) in [5.74, 6) is -0.0141. The number of carbonyl (C=O) groups excluding carboxylic acids is 1. The van der Waals surface area contributed by atoms with E-state index in [0.29, 0.717) is 28.9 Å². The number of amides is 2. The lowest BCUT2D eigenvalue weighted by Gasteiger charge is -2.24. The van der Waals surface area contributed by atoms with Crippen molar-refractivity contribution >= 4 is 34.5 Å². The molecule has 0 bridgehead atoms. The van der Waals surface area contributed by atoms with Crippen LogP contribution in [0.2, 0.25) is 5.02 Å². The summed E-state index contributed by atoms with van der Waals surface area (Å²) in [5, 5.41) is 15.0. The van der Waals surface area contributed by atoms with E-state index in [1.165, 1.54) is 9.47 Å². The molecule has 1 heterocycles. The molecule has 1 aromatic heterocycles. The quantitative estimate of drug-likeness (QED) is 0.413. The molecule has 0 saturated heterocycles. The van der Waals surface area contributed by atoms with Crippen LogP contribution in [0.3, 0.4) is 0 Å². The van der Waals surface area contributed by atoms with E-state index in [4.69, 9.17) is 16.7 Å². The van der Waals surface area contributed by atoms with Gasteiger partial charge in [0.05, 0.1) is 17.4 Å². The van der Waals surface area contributed by atoms with E-state index in [2.05, 4.69) is 15.6 Å². The average Bonchev–Trinajstić information content (AvgIpc) is 2.78. The van der Waals surface area contributed by atoms with E-state index in [-0.39, 0.29) is 30.4 Å². The van der Waals surface area contributed by atoms with Crippen LogP contribution in [0.25, 0.3) is 10.9 Å². The zero-order chi connectivity index (χ0) is 24.0. The van der Waals surface area contributed by atoms with Crippen molar-refractivity contribution in [3.05, 3.63) is 75.3 Å². The first kappa shape index (κ1) is 24.2. The van der Waals surface area contributed by atoms with Crippen LogP contribution < -0.4 is 16.2 Å². The Bertz CT molecular complexity index is 1200. The number of hydrogen-bond acceptors (Lipinski definition) is 5. The largest absolute Gasteiger partial charge is 0.465 e. The van der Waals surface area contributed by atoms with Crippen molar-refractivity contribution in [3.63, 3.8) is 0 Å². The molecule has 0 saturated carbocycles. The first-order chi connectivity index (χ1) is 15.8. The molecule has 1 atom stereocenters. The zero-order valence-electron chi connectivity index (χ0n) is 18.4. The topological polar surface area (TPSA) is 117 Å². The van der Waals surface area contributed by atoms with Crippen molar-refractivity contribution in [2.75, 3.05) is 27.2 Å². The molecule has 3 rings (SSSR count). The Labute approximate surface area is 196 Å². The van der Waals surface area contributed by atoms with Crippen LogP contribution in [0.15, 0.2) is 53.3 Å². The molecule has 0 aliphatic carbocycles. The third-order valence-corrected chi connectivity index (χ3v) is 5.29. The third kappa shape index (κ3) is 6.09. The van der Waals surface area contributed by atoms with Crippen molar-refractivity contribution in [3.8, 4) is 0 Å². The van der Waals surface area contributed by atoms with Gasteiger partial charge in [-0.25, -0.2) is 9.78 Å². The Hall–Kier alpha value is -3.43. The Morgan fingerprint density at radius 1 is 1.15 bits per heavy atom. The molecule has 0 aliphatic heterocycles. The molecular formula is C23H26ClN5O4. The monoisotopic (exact) mass is 471 g/mol. The van der Waals surface area contributed by atoms with Crippen molar-refractivity contribution in [2.24, 2.45) is 0 Å². The number of carboxylic acid groups (broad SMARTS) is 1. The molecule has 10 heteroatoms. The number of benzene rings is 2. The van der Waals surface area contributed by atoms with Crippen LogP contribution in [0, 0.1) is 0 Å². The molecule has 9 nitrogen and oxygen atoms in total. The highest BCUT2D eigenvalue weighted by molar-refractivity contribution is 6.31. The van der Waals surface area contributed by atoms with Crippen molar-refractivity contribution in [1.82, 2.24) is 25.1 Å². The van der Waals surface area contributed by atoms with Gasteiger partial charge in [0, 0.05) is 25.7 Å². The maximum absolute atomic E-state index is 13.5. The lowest BCUT2D eigenvalue weighted by Crippen LogP contribution is -2.42. The van der Waals surface area contributed by atoms with E-state index in [1.54, 1.807) is 32.3 Å². The summed E-state index contributed by atoms with van der Waals surface area (Å²) in [4.78, 5) is 43.4. The third-order valence-electron chi connectivity index (χ3n) is 5.05. The predicted molar refractivity (Wildman–Crippen MR) is 127 cm³/mol. The number of halogens is 1. The second-order valence-corrected chi connectivity index (χ2v) is 8.15. The second-order valence-electron chi connectivity index (χ2n) is 7.71. The number of aromatic nitrogens is 2. The van der Waals surface area contributed by atoms with Gasteiger partial charge in [-0.15, -0.1) is 0 Å². The molecule has 2 aromatic carbocycles. The van der Waals surface area contributed by atoms with Crippen LogP contribution >= 0.6 is 11.6 Å². The Morgan fingerprint density at radius 2 is 1.88 bits per heavy atom. The minimum absolute atomic E-state index is 0.225. The van der Waals surface area contributed by atoms with Crippen molar-refractivity contribution < 1.29 is 14.7 Å². The fourth-order valence-electron chi connectivity index (χ4n) is 3.43. The van der Waals surface area contributed by atoms with Crippen molar-refractivity contribution in [2.45, 2.75) is 19.0 Å². The van der Waals surface area contributed by atoms with Crippen molar-refractivity contribution in [1.29, 1.82) is 0 Å². The molecule has 33 heavy (non-hydrogen) atoms. The van der Waals surface area contributed by atoms with Gasteiger partial charge < -0.3 is 15.3 Å². The standard InChI is InChI=1S/C23H26ClN5O4/c1-28(2)22(31)19(25-11-6-12-26-23(32)33)20-27-18-13-16(24)9-10-17(18)21(30)29(20)14-15-7-4-3-5-8-15/h3-5,7-10,13,19,25-26H,6,11-12,14H2,1-2H3,(H,32,33). The highest BCUT2D eigenvalue weighted by Crippen LogP contribution is 2.20. The maximum atomic E-state index is 13.5. The summed E-state index contributed by atoms with van der Waals surface area (Å²) in [6.07, 6.45) is -0.660. The van der Waals surface area contributed by atoms with Crippen LogP contribution in [-0.2, 0) is 11.3 Å². The van der Waals surface area contributed by atoms with Gasteiger partial charge in [-0.1, -0.05) is 41.9 Å². The van der Waals surface area contributed by atoms with Gasteiger partial charge in [-0.05, 0) is 36.7 Å². The van der Waals surface area contributed by atoms with Crippen LogP contribution in [-0.4, -0.2) is 58.7 Å². The first-order valence-electron chi connectivity index (χ1n) is 10.4. The molecule has 0 spiro atoms. The van der Waals surface area contributed by atoms with Gasteiger partial charge in [-0.3, -0.25) is 19.5 Å². The van der Waals surface area contributed by atoms with Gasteiger partial charge >= 0.3 is 6.09 Å². The Balaban J connectivity index is 2.07. The smallest absolute Gasteiger partial charge is 0.404 e. The predicted octanol–water partition coefficient (Wildman–Crippen LogP) is 2.47. The van der Waals surface area contributed by atoms with Crippen LogP contribution in [0.5, 0.6) is 0 Å². The fraction of sp³-hybridized carbons (Fsp3) is 0.304. The van der Waals surface area contributed by atoms with Crippen LogP contribution in [0.4, 0.5) is 4.79 Å². The lowest BCUT2D eigenvalue weighted by atomic mass is 10.1. The maximum Gasteiger partial charge on any atom is 0.404 e. The summed E-state index contributed by atoms with van der Waals surface area (Å²) in [7, 11) is 3.25. The normalized spacial score (nSPS) is 11.8. The molecule has 0 aliphatic rings. The summed E-state index contributed by atoms with van der Waals surface area (Å²) in [6, 6.07) is 13.4.